The summed E-state index contributed by atoms with van der Waals surface area (Å²) in [6.45, 7) is 8.78. The van der Waals surface area contributed by atoms with Crippen molar-refractivity contribution in [3.8, 4) is 5.75 Å². The van der Waals surface area contributed by atoms with Crippen molar-refractivity contribution in [1.82, 2.24) is 14.6 Å². The molecule has 126 valence electrons. The lowest BCUT2D eigenvalue weighted by Crippen LogP contribution is -2.13. The fraction of sp³-hybridized carbons (Fsp3) is 0.353. The zero-order chi connectivity index (χ0) is 17.3. The third kappa shape index (κ3) is 3.41. The van der Waals surface area contributed by atoms with Crippen molar-refractivity contribution in [1.29, 1.82) is 0 Å². The van der Waals surface area contributed by atoms with Crippen molar-refractivity contribution in [2.75, 3.05) is 11.9 Å². The van der Waals surface area contributed by atoms with E-state index in [1.807, 2.05) is 19.9 Å². The molecule has 0 aliphatic rings. The number of hydrogen-bond donors (Lipinski definition) is 1. The summed E-state index contributed by atoms with van der Waals surface area (Å²) in [4.78, 5) is 18.7. The molecule has 0 saturated heterocycles. The lowest BCUT2D eigenvalue weighted by molar-refractivity contribution is 0.102. The lowest BCUT2D eigenvalue weighted by atomic mass is 10.2. The van der Waals surface area contributed by atoms with Crippen LogP contribution in [-0.4, -0.2) is 27.1 Å². The van der Waals surface area contributed by atoms with Gasteiger partial charge in [0.15, 0.2) is 0 Å². The SMILES string of the molecule is Cc1sc2nc(NC(=O)c3cccc(OCC(C)C)c3)nn2c1C. The Morgan fingerprint density at radius 3 is 2.88 bits per heavy atom. The van der Waals surface area contributed by atoms with Gasteiger partial charge in [-0.2, -0.15) is 4.98 Å². The molecule has 3 aromatic rings. The maximum absolute atomic E-state index is 12.4. The topological polar surface area (TPSA) is 68.5 Å². The summed E-state index contributed by atoms with van der Waals surface area (Å²) in [5.74, 6) is 1.17. The van der Waals surface area contributed by atoms with Crippen LogP contribution < -0.4 is 10.1 Å². The largest absolute Gasteiger partial charge is 0.493 e. The van der Waals surface area contributed by atoms with E-state index in [2.05, 4.69) is 29.2 Å². The molecule has 3 rings (SSSR count). The molecule has 1 amide bonds. The molecule has 0 aliphatic carbocycles. The molecule has 0 spiro atoms. The van der Waals surface area contributed by atoms with E-state index in [9.17, 15) is 4.79 Å². The molecule has 0 aliphatic heterocycles. The molecule has 0 unspecified atom stereocenters. The number of rotatable bonds is 5. The highest BCUT2D eigenvalue weighted by atomic mass is 32.1. The predicted octanol–water partition coefficient (Wildman–Crippen LogP) is 3.69. The Hall–Kier alpha value is -2.41. The minimum Gasteiger partial charge on any atom is -0.493 e. The second kappa shape index (κ2) is 6.60. The molecular formula is C17H20N4O2S. The van der Waals surface area contributed by atoms with E-state index in [1.165, 1.54) is 0 Å². The number of amides is 1. The minimum absolute atomic E-state index is 0.252. The molecule has 2 aromatic heterocycles. The third-order valence-electron chi connectivity index (χ3n) is 3.55. The molecule has 1 aromatic carbocycles. The average Bonchev–Trinajstić information content (AvgIpc) is 3.05. The second-order valence-electron chi connectivity index (χ2n) is 6.06. The van der Waals surface area contributed by atoms with Gasteiger partial charge in [-0.15, -0.1) is 5.10 Å². The van der Waals surface area contributed by atoms with E-state index < -0.39 is 0 Å². The average molecular weight is 344 g/mol. The van der Waals surface area contributed by atoms with E-state index in [0.29, 0.717) is 29.8 Å². The quantitative estimate of drug-likeness (QED) is 0.766. The molecule has 0 atom stereocenters. The monoisotopic (exact) mass is 344 g/mol. The van der Waals surface area contributed by atoms with Crippen molar-refractivity contribution in [3.05, 3.63) is 40.4 Å². The number of carbonyl (C=O) groups excluding carboxylic acids is 1. The molecule has 1 N–H and O–H groups in total. The number of nitrogens with zero attached hydrogens (tertiary/aromatic N) is 3. The predicted molar refractivity (Wildman–Crippen MR) is 95.1 cm³/mol. The van der Waals surface area contributed by atoms with Crippen molar-refractivity contribution >= 4 is 28.2 Å². The molecule has 2 heterocycles. The Morgan fingerprint density at radius 2 is 2.17 bits per heavy atom. The van der Waals surface area contributed by atoms with Gasteiger partial charge in [-0.05, 0) is 38.0 Å². The summed E-state index contributed by atoms with van der Waals surface area (Å²) < 4.78 is 7.41. The second-order valence-corrected chi connectivity index (χ2v) is 7.24. The number of carbonyl (C=O) groups is 1. The summed E-state index contributed by atoms with van der Waals surface area (Å²) in [5.41, 5.74) is 1.55. The van der Waals surface area contributed by atoms with Gasteiger partial charge in [-0.3, -0.25) is 10.1 Å². The molecule has 0 saturated carbocycles. The number of nitrogens with one attached hydrogen (secondary N) is 1. The normalized spacial score (nSPS) is 11.2. The fourth-order valence-corrected chi connectivity index (χ4v) is 3.06. The van der Waals surface area contributed by atoms with Crippen molar-refractivity contribution in [3.63, 3.8) is 0 Å². The van der Waals surface area contributed by atoms with Gasteiger partial charge >= 0.3 is 0 Å². The Bertz CT molecular complexity index is 882. The van der Waals surface area contributed by atoms with Gasteiger partial charge in [0.1, 0.15) is 5.75 Å². The van der Waals surface area contributed by atoms with Gasteiger partial charge in [0.05, 0.1) is 12.3 Å². The minimum atomic E-state index is -0.252. The van der Waals surface area contributed by atoms with E-state index >= 15 is 0 Å². The number of aryl methyl sites for hydroxylation is 2. The highest BCUT2D eigenvalue weighted by Crippen LogP contribution is 2.21. The van der Waals surface area contributed by atoms with E-state index in [-0.39, 0.29) is 5.91 Å². The zero-order valence-corrected chi connectivity index (χ0v) is 15.0. The van der Waals surface area contributed by atoms with Crippen LogP contribution in [-0.2, 0) is 0 Å². The number of thiazole rings is 1. The van der Waals surface area contributed by atoms with Gasteiger partial charge in [0.25, 0.3) is 11.9 Å². The highest BCUT2D eigenvalue weighted by molar-refractivity contribution is 7.17. The number of aromatic nitrogens is 3. The van der Waals surface area contributed by atoms with Crippen LogP contribution in [0.1, 0.15) is 34.8 Å². The first-order valence-electron chi connectivity index (χ1n) is 7.81. The lowest BCUT2D eigenvalue weighted by Gasteiger charge is -2.09. The number of anilines is 1. The van der Waals surface area contributed by atoms with Crippen molar-refractivity contribution in [2.24, 2.45) is 5.92 Å². The van der Waals surface area contributed by atoms with Gasteiger partial charge in [-0.1, -0.05) is 31.3 Å². The summed E-state index contributed by atoms with van der Waals surface area (Å²) in [6.07, 6.45) is 0. The summed E-state index contributed by atoms with van der Waals surface area (Å²) >= 11 is 1.55. The van der Waals surface area contributed by atoms with Crippen LogP contribution in [0.25, 0.3) is 4.96 Å². The molecule has 0 fully saturated rings. The zero-order valence-electron chi connectivity index (χ0n) is 14.2. The Balaban J connectivity index is 1.74. The fourth-order valence-electron chi connectivity index (χ4n) is 2.16. The molecule has 7 heteroatoms. The first-order valence-corrected chi connectivity index (χ1v) is 8.62. The molecule has 24 heavy (non-hydrogen) atoms. The van der Waals surface area contributed by atoms with Crippen LogP contribution in [0, 0.1) is 19.8 Å². The maximum Gasteiger partial charge on any atom is 0.258 e. The molecule has 0 radical (unpaired) electrons. The molecule has 0 bridgehead atoms. The van der Waals surface area contributed by atoms with Gasteiger partial charge < -0.3 is 4.74 Å². The molecule has 6 nitrogen and oxygen atoms in total. The van der Waals surface area contributed by atoms with Gasteiger partial charge in [-0.25, -0.2) is 4.52 Å². The van der Waals surface area contributed by atoms with Crippen molar-refractivity contribution in [2.45, 2.75) is 27.7 Å². The Labute approximate surface area is 144 Å². The summed E-state index contributed by atoms with van der Waals surface area (Å²) in [7, 11) is 0. The first-order chi connectivity index (χ1) is 11.4. The highest BCUT2D eigenvalue weighted by Gasteiger charge is 2.14. The summed E-state index contributed by atoms with van der Waals surface area (Å²) in [6, 6.07) is 7.12. The van der Waals surface area contributed by atoms with Crippen LogP contribution in [0.15, 0.2) is 24.3 Å². The van der Waals surface area contributed by atoms with Gasteiger partial charge in [0, 0.05) is 10.4 Å². The maximum atomic E-state index is 12.4. The third-order valence-corrected chi connectivity index (χ3v) is 4.60. The standard InChI is InChI=1S/C17H20N4O2S/c1-10(2)9-23-14-7-5-6-13(8-14)15(22)18-16-19-17-21(20-16)11(3)12(4)24-17/h5-8,10H,9H2,1-4H3,(H,18,20,22). The van der Waals surface area contributed by atoms with E-state index in [0.717, 1.165) is 15.5 Å². The van der Waals surface area contributed by atoms with Crippen LogP contribution in [0.5, 0.6) is 5.75 Å². The number of hydrogen-bond acceptors (Lipinski definition) is 5. The molecular weight excluding hydrogens is 324 g/mol. The van der Waals surface area contributed by atoms with Crippen LogP contribution in [0.4, 0.5) is 5.95 Å². The Kier molecular flexibility index (Phi) is 4.53. The van der Waals surface area contributed by atoms with Gasteiger partial charge in [0.2, 0.25) is 4.96 Å². The smallest absolute Gasteiger partial charge is 0.258 e. The van der Waals surface area contributed by atoms with Crippen molar-refractivity contribution < 1.29 is 9.53 Å². The van der Waals surface area contributed by atoms with Crippen LogP contribution >= 0.6 is 11.3 Å². The van der Waals surface area contributed by atoms with Crippen LogP contribution in [0.3, 0.4) is 0 Å². The number of fused-ring (bicyclic) bond motifs is 1. The Morgan fingerprint density at radius 1 is 1.38 bits per heavy atom. The number of benzene rings is 1. The van der Waals surface area contributed by atoms with Crippen LogP contribution in [0.2, 0.25) is 0 Å². The first kappa shape index (κ1) is 16.4. The van der Waals surface area contributed by atoms with E-state index in [4.69, 9.17) is 4.74 Å². The number of ether oxygens (including phenoxy) is 1. The summed E-state index contributed by atoms with van der Waals surface area (Å²) in [5, 5.41) is 7.07. The van der Waals surface area contributed by atoms with E-state index in [1.54, 1.807) is 34.1 Å².